The lowest BCUT2D eigenvalue weighted by atomic mass is 9.50. The Hall–Kier alpha value is -2.56. The Balaban J connectivity index is 1.96. The van der Waals surface area contributed by atoms with Crippen LogP contribution in [0.4, 0.5) is 0 Å². The van der Waals surface area contributed by atoms with Crippen LogP contribution in [0.15, 0.2) is 22.7 Å². The van der Waals surface area contributed by atoms with E-state index in [4.69, 9.17) is 12.6 Å². The molecule has 0 unspecified atom stereocenters. The average Bonchev–Trinajstić information content (AvgIpc) is 3.01. The fourth-order valence-electron chi connectivity index (χ4n) is 3.91. The molecule has 3 aromatic heterocycles. The van der Waals surface area contributed by atoms with Crippen molar-refractivity contribution < 1.29 is 17.2 Å². The first kappa shape index (κ1) is 11.2. The SMILES string of the molecule is [2H]C([2H])([2H])c1cc(C)c2c3c(oc2n1)=C(C)B(c1cc(C)c(C([2H])([2H])[2H])c[n+]1C)N(C)C=3. The van der Waals surface area contributed by atoms with Crippen LogP contribution in [-0.4, -0.2) is 23.7 Å². The van der Waals surface area contributed by atoms with Gasteiger partial charge in [-0.15, -0.1) is 0 Å². The number of pyridine rings is 2. The van der Waals surface area contributed by atoms with E-state index in [9.17, 15) is 0 Å². The van der Waals surface area contributed by atoms with Gasteiger partial charge in [-0.25, -0.2) is 9.55 Å². The standard InChI is InChI=1S/C21H25BN3O/c1-12-9-18(24(6)10-14(12)3)22-16(5)20-17(11-25(22)7)19-13(2)8-15(4)23-21(19)26-20/h8-11H,1-7H3/q+1/i3D3,4D3. The summed E-state index contributed by atoms with van der Waals surface area (Å²) < 4.78 is 54.4. The van der Waals surface area contributed by atoms with Gasteiger partial charge in [0.2, 0.25) is 5.71 Å². The number of hydrogen-bond donors (Lipinski definition) is 0. The summed E-state index contributed by atoms with van der Waals surface area (Å²) in [7, 11) is 3.80. The number of fused-ring (bicyclic) bond motifs is 3. The third-order valence-corrected chi connectivity index (χ3v) is 5.20. The lowest BCUT2D eigenvalue weighted by molar-refractivity contribution is -0.654. The van der Waals surface area contributed by atoms with Crippen molar-refractivity contribution in [2.45, 2.75) is 34.5 Å². The molecule has 0 fully saturated rings. The van der Waals surface area contributed by atoms with Crippen molar-refractivity contribution in [3.8, 4) is 0 Å². The van der Waals surface area contributed by atoms with Crippen LogP contribution in [0.3, 0.4) is 0 Å². The van der Waals surface area contributed by atoms with Gasteiger partial charge >= 0.3 is 6.85 Å². The Morgan fingerprint density at radius 1 is 1.15 bits per heavy atom. The summed E-state index contributed by atoms with van der Waals surface area (Å²) in [5, 5.41) is 1.67. The first-order valence-electron chi connectivity index (χ1n) is 11.6. The maximum atomic E-state index is 7.78. The molecule has 5 heteroatoms. The Morgan fingerprint density at radius 3 is 2.69 bits per heavy atom. The molecule has 0 aromatic carbocycles. The van der Waals surface area contributed by atoms with Crippen LogP contribution in [-0.2, 0) is 7.05 Å². The average molecular weight is 352 g/mol. The van der Waals surface area contributed by atoms with Crippen molar-refractivity contribution in [2.24, 2.45) is 7.05 Å². The minimum absolute atomic E-state index is 0.0124. The highest BCUT2D eigenvalue weighted by molar-refractivity contribution is 6.85. The van der Waals surface area contributed by atoms with Gasteiger partial charge in [-0.1, -0.05) is 0 Å². The summed E-state index contributed by atoms with van der Waals surface area (Å²) in [5.41, 5.74) is 4.67. The molecule has 0 aliphatic carbocycles. The first-order chi connectivity index (χ1) is 14.7. The van der Waals surface area contributed by atoms with Gasteiger partial charge in [0.1, 0.15) is 12.5 Å². The van der Waals surface area contributed by atoms with Gasteiger partial charge in [-0.05, 0) is 70.4 Å². The molecule has 3 aromatic rings. The highest BCUT2D eigenvalue weighted by atomic mass is 16.3. The second kappa shape index (κ2) is 5.73. The third kappa shape index (κ3) is 2.37. The van der Waals surface area contributed by atoms with Gasteiger partial charge in [0.25, 0.3) is 0 Å². The fraction of sp³-hybridized carbons (Fsp3) is 0.333. The van der Waals surface area contributed by atoms with E-state index in [2.05, 4.69) is 9.79 Å². The Kier molecular flexibility index (Phi) is 2.47. The number of hydrogen-bond acceptors (Lipinski definition) is 3. The second-order valence-electron chi connectivity index (χ2n) is 7.14. The van der Waals surface area contributed by atoms with Gasteiger partial charge in [0.15, 0.2) is 11.8 Å². The molecule has 0 bridgehead atoms. The molecule has 1 aliphatic heterocycles. The van der Waals surface area contributed by atoms with Gasteiger partial charge < -0.3 is 9.23 Å². The molecule has 0 spiro atoms. The van der Waals surface area contributed by atoms with E-state index in [1.54, 1.807) is 12.3 Å². The van der Waals surface area contributed by atoms with Crippen LogP contribution >= 0.6 is 0 Å². The highest BCUT2D eigenvalue weighted by Gasteiger charge is 2.36. The van der Waals surface area contributed by atoms with Crippen LogP contribution in [0.1, 0.15) is 37.5 Å². The second-order valence-corrected chi connectivity index (χ2v) is 7.14. The maximum absolute atomic E-state index is 7.78. The van der Waals surface area contributed by atoms with E-state index in [0.29, 0.717) is 22.3 Å². The fourth-order valence-corrected chi connectivity index (χ4v) is 3.91. The number of aryl methyl sites for hydroxylation is 5. The normalized spacial score (nSPS) is 18.4. The highest BCUT2D eigenvalue weighted by Crippen LogP contribution is 2.16. The summed E-state index contributed by atoms with van der Waals surface area (Å²) in [6.45, 7) is 0.968. The summed E-state index contributed by atoms with van der Waals surface area (Å²) in [6.07, 6.45) is 3.65. The topological polar surface area (TPSA) is 33.1 Å². The summed E-state index contributed by atoms with van der Waals surface area (Å²) in [5.74, 6) is 0. The minimum Gasteiger partial charge on any atom is -0.438 e. The van der Waals surface area contributed by atoms with E-state index in [1.165, 1.54) is 0 Å². The van der Waals surface area contributed by atoms with Crippen molar-refractivity contribution >= 4 is 35.2 Å². The van der Waals surface area contributed by atoms with Gasteiger partial charge in [-0.2, -0.15) is 0 Å². The molecular weight excluding hydrogens is 321 g/mol. The summed E-state index contributed by atoms with van der Waals surface area (Å²) >= 11 is 0. The maximum Gasteiger partial charge on any atom is 0.402 e. The van der Waals surface area contributed by atoms with Crippen LogP contribution in [0.5, 0.6) is 0 Å². The Bertz CT molecular complexity index is 1370. The molecule has 0 atom stereocenters. The van der Waals surface area contributed by atoms with E-state index in [0.717, 1.165) is 27.2 Å². The van der Waals surface area contributed by atoms with E-state index < -0.39 is 13.7 Å². The predicted octanol–water partition coefficient (Wildman–Crippen LogP) is 1.18. The Morgan fingerprint density at radius 2 is 1.96 bits per heavy atom. The monoisotopic (exact) mass is 352 g/mol. The van der Waals surface area contributed by atoms with Crippen molar-refractivity contribution in [3.05, 3.63) is 51.3 Å². The molecule has 0 saturated heterocycles. The number of aromatic nitrogens is 2. The molecule has 4 nitrogen and oxygen atoms in total. The van der Waals surface area contributed by atoms with E-state index in [-0.39, 0.29) is 12.5 Å². The molecule has 0 radical (unpaired) electrons. The predicted molar refractivity (Wildman–Crippen MR) is 107 cm³/mol. The van der Waals surface area contributed by atoms with E-state index in [1.807, 2.05) is 51.7 Å². The number of nitrogens with zero attached hydrogens (tertiary/aromatic N) is 3. The van der Waals surface area contributed by atoms with Crippen molar-refractivity contribution in [2.75, 3.05) is 7.05 Å². The van der Waals surface area contributed by atoms with Crippen LogP contribution in [0.25, 0.3) is 22.8 Å². The van der Waals surface area contributed by atoms with Crippen molar-refractivity contribution in [3.63, 3.8) is 0 Å². The lowest BCUT2D eigenvalue weighted by Gasteiger charge is -2.24. The number of rotatable bonds is 1. The Labute approximate surface area is 163 Å². The van der Waals surface area contributed by atoms with E-state index >= 15 is 0 Å². The smallest absolute Gasteiger partial charge is 0.402 e. The molecule has 0 amide bonds. The van der Waals surface area contributed by atoms with Gasteiger partial charge in [0.05, 0.1) is 5.39 Å². The van der Waals surface area contributed by atoms with Gasteiger partial charge in [0, 0.05) is 30.8 Å². The number of furan rings is 1. The first-order valence-corrected chi connectivity index (χ1v) is 8.56. The molecule has 26 heavy (non-hydrogen) atoms. The lowest BCUT2D eigenvalue weighted by Crippen LogP contribution is -2.62. The molecule has 1 aliphatic rings. The third-order valence-electron chi connectivity index (χ3n) is 5.20. The van der Waals surface area contributed by atoms with Crippen LogP contribution < -0.4 is 20.8 Å². The van der Waals surface area contributed by atoms with Crippen molar-refractivity contribution in [1.29, 1.82) is 0 Å². The minimum atomic E-state index is -2.32. The molecule has 4 rings (SSSR count). The zero-order valence-corrected chi connectivity index (χ0v) is 15.6. The van der Waals surface area contributed by atoms with Crippen LogP contribution in [0, 0.1) is 27.6 Å². The summed E-state index contributed by atoms with van der Waals surface area (Å²) in [4.78, 5) is 6.35. The molecule has 4 heterocycles. The van der Waals surface area contributed by atoms with Crippen molar-refractivity contribution in [1.82, 2.24) is 9.79 Å². The zero-order valence-electron chi connectivity index (χ0n) is 21.6. The summed E-state index contributed by atoms with van der Waals surface area (Å²) in [6, 6.07) is 3.50. The molecule has 0 N–H and O–H groups in total. The largest absolute Gasteiger partial charge is 0.438 e. The quantitative estimate of drug-likeness (QED) is 0.487. The molecular formula is C21H25BN3O+. The zero-order chi connectivity index (χ0) is 23.7. The van der Waals surface area contributed by atoms with Crippen LogP contribution in [0.2, 0.25) is 0 Å². The van der Waals surface area contributed by atoms with Gasteiger partial charge in [-0.3, -0.25) is 0 Å². The molecule has 132 valence electrons. The molecule has 0 saturated carbocycles.